The molecule has 3 aliphatic carbocycles. The quantitative estimate of drug-likeness (QED) is 0.746. The van der Waals surface area contributed by atoms with Crippen molar-refractivity contribution in [2.24, 2.45) is 29.1 Å². The van der Waals surface area contributed by atoms with Crippen LogP contribution in [0, 0.1) is 40.9 Å². The number of alkyl halides is 3. The Morgan fingerprint density at radius 3 is 2.62 bits per heavy atom. The van der Waals surface area contributed by atoms with Crippen molar-refractivity contribution in [2.75, 3.05) is 0 Å². The van der Waals surface area contributed by atoms with Crippen LogP contribution < -0.4 is 0 Å². The van der Waals surface area contributed by atoms with Gasteiger partial charge in [0.25, 0.3) is 0 Å². The zero-order valence-electron chi connectivity index (χ0n) is 14.1. The lowest BCUT2D eigenvalue weighted by molar-refractivity contribution is -0.0701. The molecule has 2 nitrogen and oxygen atoms in total. The Bertz CT molecular complexity index is 521. The van der Waals surface area contributed by atoms with Gasteiger partial charge in [-0.25, -0.2) is 0 Å². The third kappa shape index (κ3) is 3.60. The standard InChI is InChI=1S/C19H27F3O2/c1-18-8-6-13-10-12(11-14(23)7-9-19(20,21)22)2-3-15(13)16(18)4-5-17(18)24/h12-17,23-24H,2-6,8,10-11H2,1H3/t12-,13-,14?,15-,16+,17+,18+/m1/s1. The van der Waals surface area contributed by atoms with Gasteiger partial charge in [0.15, 0.2) is 0 Å². The van der Waals surface area contributed by atoms with Gasteiger partial charge in [0.1, 0.15) is 6.10 Å². The summed E-state index contributed by atoms with van der Waals surface area (Å²) < 4.78 is 36.3. The fourth-order valence-electron chi connectivity index (χ4n) is 5.80. The lowest BCUT2D eigenvalue weighted by Gasteiger charge is -2.51. The highest BCUT2D eigenvalue weighted by atomic mass is 19.4. The molecule has 5 heteroatoms. The summed E-state index contributed by atoms with van der Waals surface area (Å²) in [6.07, 6.45) is 1.60. The molecule has 1 unspecified atom stereocenters. The SMILES string of the molecule is C[C@]12CC[C@@H]3C[C@H](CC(O)C#CC(F)(F)F)CC[C@H]3[C@@H]1CC[C@@H]2O. The minimum Gasteiger partial charge on any atom is -0.393 e. The maximum atomic E-state index is 12.1. The van der Waals surface area contributed by atoms with Gasteiger partial charge in [0.05, 0.1) is 6.10 Å². The predicted molar refractivity (Wildman–Crippen MR) is 84.8 cm³/mol. The third-order valence-electron chi connectivity index (χ3n) is 7.02. The smallest absolute Gasteiger partial charge is 0.393 e. The van der Waals surface area contributed by atoms with E-state index in [1.54, 1.807) is 0 Å². The average Bonchev–Trinajstić information content (AvgIpc) is 2.81. The molecule has 7 atom stereocenters. The lowest BCUT2D eigenvalue weighted by Crippen LogP contribution is -2.45. The van der Waals surface area contributed by atoms with Crippen LogP contribution >= 0.6 is 0 Å². The second-order valence-electron chi connectivity index (χ2n) is 8.37. The number of halogens is 3. The number of hydrogen-bond acceptors (Lipinski definition) is 2. The summed E-state index contributed by atoms with van der Waals surface area (Å²) in [6, 6.07) is 0. The Morgan fingerprint density at radius 2 is 1.92 bits per heavy atom. The van der Waals surface area contributed by atoms with Crippen molar-refractivity contribution in [1.82, 2.24) is 0 Å². The van der Waals surface area contributed by atoms with E-state index in [2.05, 4.69) is 6.92 Å². The van der Waals surface area contributed by atoms with Crippen LogP contribution in [-0.4, -0.2) is 28.6 Å². The fourth-order valence-corrected chi connectivity index (χ4v) is 5.80. The monoisotopic (exact) mass is 344 g/mol. The molecule has 0 heterocycles. The maximum absolute atomic E-state index is 12.1. The molecule has 0 aromatic rings. The molecule has 2 N–H and O–H groups in total. The van der Waals surface area contributed by atoms with Gasteiger partial charge in [-0.2, -0.15) is 13.2 Å². The zero-order chi connectivity index (χ0) is 17.5. The Balaban J connectivity index is 1.57. The molecule has 0 saturated heterocycles. The minimum absolute atomic E-state index is 0.0612. The van der Waals surface area contributed by atoms with Crippen molar-refractivity contribution in [2.45, 2.75) is 76.7 Å². The molecule has 0 bridgehead atoms. The van der Waals surface area contributed by atoms with Gasteiger partial charge in [-0.05, 0) is 74.0 Å². The highest BCUT2D eigenvalue weighted by Crippen LogP contribution is 2.59. The van der Waals surface area contributed by atoms with E-state index in [0.29, 0.717) is 24.2 Å². The van der Waals surface area contributed by atoms with Crippen molar-refractivity contribution in [3.05, 3.63) is 0 Å². The molecule has 0 aromatic carbocycles. The van der Waals surface area contributed by atoms with Crippen LogP contribution in [-0.2, 0) is 0 Å². The number of fused-ring (bicyclic) bond motifs is 3. The van der Waals surface area contributed by atoms with Gasteiger partial charge < -0.3 is 10.2 Å². The Labute approximate surface area is 141 Å². The molecule has 3 fully saturated rings. The Kier molecular flexibility index (Phi) is 4.92. The molecular formula is C19H27F3O2. The first-order chi connectivity index (χ1) is 11.2. The van der Waals surface area contributed by atoms with E-state index >= 15 is 0 Å². The number of hydrogen-bond donors (Lipinski definition) is 2. The van der Waals surface area contributed by atoms with Gasteiger partial charge >= 0.3 is 6.18 Å². The highest BCUT2D eigenvalue weighted by Gasteiger charge is 2.54. The van der Waals surface area contributed by atoms with Crippen molar-refractivity contribution < 1.29 is 23.4 Å². The largest absolute Gasteiger partial charge is 0.457 e. The van der Waals surface area contributed by atoms with Crippen LogP contribution in [0.4, 0.5) is 13.2 Å². The predicted octanol–water partition coefficient (Wildman–Crippen LogP) is 3.91. The van der Waals surface area contributed by atoms with E-state index in [-0.39, 0.29) is 17.4 Å². The first-order valence-corrected chi connectivity index (χ1v) is 9.14. The van der Waals surface area contributed by atoms with E-state index in [0.717, 1.165) is 44.9 Å². The summed E-state index contributed by atoms with van der Waals surface area (Å²) in [4.78, 5) is 0. The van der Waals surface area contributed by atoms with Gasteiger partial charge in [0, 0.05) is 5.92 Å². The molecule has 24 heavy (non-hydrogen) atoms. The Hall–Kier alpha value is -0.730. The molecule has 0 amide bonds. The van der Waals surface area contributed by atoms with Gasteiger partial charge in [-0.3, -0.25) is 0 Å². The van der Waals surface area contributed by atoms with Gasteiger partial charge in [0.2, 0.25) is 0 Å². The van der Waals surface area contributed by atoms with E-state index in [1.165, 1.54) is 5.92 Å². The summed E-state index contributed by atoms with van der Waals surface area (Å²) in [6.45, 7) is 2.23. The van der Waals surface area contributed by atoms with E-state index < -0.39 is 12.3 Å². The molecule has 0 spiro atoms. The summed E-state index contributed by atoms with van der Waals surface area (Å²) in [5, 5.41) is 20.1. The lowest BCUT2D eigenvalue weighted by atomic mass is 9.55. The molecule has 3 rings (SSSR count). The summed E-state index contributed by atoms with van der Waals surface area (Å²) in [5.74, 6) is 5.19. The van der Waals surface area contributed by atoms with Crippen molar-refractivity contribution in [1.29, 1.82) is 0 Å². The van der Waals surface area contributed by atoms with Gasteiger partial charge in [-0.1, -0.05) is 19.3 Å². The maximum Gasteiger partial charge on any atom is 0.457 e. The zero-order valence-corrected chi connectivity index (χ0v) is 14.1. The molecular weight excluding hydrogens is 317 g/mol. The van der Waals surface area contributed by atoms with Crippen LogP contribution in [0.3, 0.4) is 0 Å². The van der Waals surface area contributed by atoms with E-state index in [1.807, 2.05) is 5.92 Å². The highest BCUT2D eigenvalue weighted by molar-refractivity contribution is 5.10. The number of aliphatic hydroxyl groups is 2. The second kappa shape index (κ2) is 6.53. The number of aliphatic hydroxyl groups excluding tert-OH is 2. The van der Waals surface area contributed by atoms with Crippen molar-refractivity contribution in [3.63, 3.8) is 0 Å². The van der Waals surface area contributed by atoms with Crippen LogP contribution in [0.2, 0.25) is 0 Å². The third-order valence-corrected chi connectivity index (χ3v) is 7.02. The second-order valence-corrected chi connectivity index (χ2v) is 8.37. The normalized spacial score (nSPS) is 43.3. The molecule has 136 valence electrons. The summed E-state index contributed by atoms with van der Waals surface area (Å²) in [7, 11) is 0. The van der Waals surface area contributed by atoms with Crippen LogP contribution in [0.25, 0.3) is 0 Å². The fraction of sp³-hybridized carbons (Fsp3) is 0.895. The van der Waals surface area contributed by atoms with Crippen molar-refractivity contribution in [3.8, 4) is 11.8 Å². The van der Waals surface area contributed by atoms with Crippen LogP contribution in [0.1, 0.15) is 58.3 Å². The van der Waals surface area contributed by atoms with Crippen molar-refractivity contribution >= 4 is 0 Å². The molecule has 0 radical (unpaired) electrons. The average molecular weight is 344 g/mol. The van der Waals surface area contributed by atoms with E-state index in [9.17, 15) is 23.4 Å². The molecule has 0 aliphatic heterocycles. The molecule has 3 aliphatic rings. The van der Waals surface area contributed by atoms with Gasteiger partial charge in [-0.15, -0.1) is 0 Å². The topological polar surface area (TPSA) is 40.5 Å². The summed E-state index contributed by atoms with van der Waals surface area (Å²) in [5.41, 5.74) is 0.0612. The first kappa shape index (κ1) is 18.1. The number of rotatable bonds is 2. The van der Waals surface area contributed by atoms with Crippen LogP contribution in [0.5, 0.6) is 0 Å². The van der Waals surface area contributed by atoms with E-state index in [4.69, 9.17) is 0 Å². The van der Waals surface area contributed by atoms with Crippen LogP contribution in [0.15, 0.2) is 0 Å². The molecule has 3 saturated carbocycles. The molecule has 0 aromatic heterocycles. The first-order valence-electron chi connectivity index (χ1n) is 9.14. The summed E-state index contributed by atoms with van der Waals surface area (Å²) >= 11 is 0. The minimum atomic E-state index is -4.53. The Morgan fingerprint density at radius 1 is 1.17 bits per heavy atom.